The van der Waals surface area contributed by atoms with Gasteiger partial charge in [-0.25, -0.2) is 4.79 Å². The van der Waals surface area contributed by atoms with E-state index in [0.717, 1.165) is 0 Å². The van der Waals surface area contributed by atoms with E-state index in [-0.39, 0.29) is 11.9 Å². The molecule has 1 heterocycles. The van der Waals surface area contributed by atoms with Gasteiger partial charge in [-0.15, -0.1) is 0 Å². The number of carbonyl (C=O) groups excluding carboxylic acids is 2. The van der Waals surface area contributed by atoms with Crippen LogP contribution >= 0.6 is 0 Å². The summed E-state index contributed by atoms with van der Waals surface area (Å²) in [4.78, 5) is 28.6. The molecule has 6 heteroatoms. The molecule has 0 saturated carbocycles. The summed E-state index contributed by atoms with van der Waals surface area (Å²) in [5, 5.41) is 0. The van der Waals surface area contributed by atoms with Crippen molar-refractivity contribution >= 4 is 11.9 Å². The molecule has 0 aromatic carbocycles. The Kier molecular flexibility index (Phi) is 4.74. The third-order valence-corrected chi connectivity index (χ3v) is 3.00. The zero-order chi connectivity index (χ0) is 13.0. The van der Waals surface area contributed by atoms with Crippen molar-refractivity contribution < 1.29 is 9.59 Å². The topological polar surface area (TPSA) is 69.9 Å². The Morgan fingerprint density at radius 2 is 1.65 bits per heavy atom. The first kappa shape index (κ1) is 13.8. The van der Waals surface area contributed by atoms with Gasteiger partial charge in [-0.05, 0) is 6.42 Å². The molecule has 0 spiro atoms. The molecule has 0 radical (unpaired) electrons. The number of hydrogen-bond acceptors (Lipinski definition) is 3. The van der Waals surface area contributed by atoms with Gasteiger partial charge in [0.1, 0.15) is 0 Å². The van der Waals surface area contributed by atoms with Crippen molar-refractivity contribution in [2.75, 3.05) is 40.3 Å². The molecular formula is C11H22N4O2. The predicted octanol–water partition coefficient (Wildman–Crippen LogP) is -0.450. The Balaban J connectivity index is 2.46. The molecular weight excluding hydrogens is 220 g/mol. The molecule has 98 valence electrons. The van der Waals surface area contributed by atoms with Crippen LogP contribution in [0.1, 0.15) is 13.3 Å². The standard InChI is InChI=1S/C11H22N4O2/c1-4-9(12)10(16)14-5-7-15(8-6-14)11(17)13(2)3/h9H,4-8,12H2,1-3H3. The first-order valence-corrected chi connectivity index (χ1v) is 5.98. The highest BCUT2D eigenvalue weighted by Crippen LogP contribution is 2.06. The minimum Gasteiger partial charge on any atom is -0.338 e. The third-order valence-electron chi connectivity index (χ3n) is 3.00. The Morgan fingerprint density at radius 3 is 2.06 bits per heavy atom. The molecule has 6 nitrogen and oxygen atoms in total. The number of nitrogens with zero attached hydrogens (tertiary/aromatic N) is 3. The van der Waals surface area contributed by atoms with Gasteiger partial charge in [0.05, 0.1) is 6.04 Å². The van der Waals surface area contributed by atoms with Crippen LogP contribution < -0.4 is 5.73 Å². The van der Waals surface area contributed by atoms with Gasteiger partial charge < -0.3 is 20.4 Å². The van der Waals surface area contributed by atoms with E-state index >= 15 is 0 Å². The second-order valence-electron chi connectivity index (χ2n) is 4.50. The summed E-state index contributed by atoms with van der Waals surface area (Å²) in [7, 11) is 3.46. The molecule has 3 amide bonds. The summed E-state index contributed by atoms with van der Waals surface area (Å²) in [5.41, 5.74) is 5.71. The Labute approximate surface area is 102 Å². The van der Waals surface area contributed by atoms with Crippen LogP contribution in [0.5, 0.6) is 0 Å². The van der Waals surface area contributed by atoms with Gasteiger partial charge in [-0.2, -0.15) is 0 Å². The van der Waals surface area contributed by atoms with E-state index in [9.17, 15) is 9.59 Å². The van der Waals surface area contributed by atoms with E-state index < -0.39 is 6.04 Å². The van der Waals surface area contributed by atoms with Crippen LogP contribution in [-0.4, -0.2) is 73.0 Å². The van der Waals surface area contributed by atoms with Crippen molar-refractivity contribution in [3.63, 3.8) is 0 Å². The molecule has 17 heavy (non-hydrogen) atoms. The Bertz CT molecular complexity index is 285. The lowest BCUT2D eigenvalue weighted by molar-refractivity contribution is -0.134. The number of piperazine rings is 1. The van der Waals surface area contributed by atoms with Gasteiger partial charge in [0.15, 0.2) is 0 Å². The SMILES string of the molecule is CCC(N)C(=O)N1CCN(C(=O)N(C)C)CC1. The highest BCUT2D eigenvalue weighted by Gasteiger charge is 2.26. The maximum atomic E-state index is 11.8. The average Bonchev–Trinajstić information content (AvgIpc) is 2.36. The molecule has 1 atom stereocenters. The van der Waals surface area contributed by atoms with Gasteiger partial charge in [-0.1, -0.05) is 6.92 Å². The highest BCUT2D eigenvalue weighted by atomic mass is 16.2. The summed E-state index contributed by atoms with van der Waals surface area (Å²) >= 11 is 0. The fraction of sp³-hybridized carbons (Fsp3) is 0.818. The van der Waals surface area contributed by atoms with Crippen LogP contribution in [0, 0.1) is 0 Å². The van der Waals surface area contributed by atoms with Crippen molar-refractivity contribution in [3.8, 4) is 0 Å². The number of rotatable bonds is 2. The van der Waals surface area contributed by atoms with Crippen LogP contribution in [-0.2, 0) is 4.79 Å². The van der Waals surface area contributed by atoms with Crippen molar-refractivity contribution in [3.05, 3.63) is 0 Å². The minimum absolute atomic E-state index is 0.00288. The van der Waals surface area contributed by atoms with E-state index in [2.05, 4.69) is 0 Å². The highest BCUT2D eigenvalue weighted by molar-refractivity contribution is 5.82. The van der Waals surface area contributed by atoms with Crippen LogP contribution in [0.15, 0.2) is 0 Å². The number of amides is 3. The molecule has 1 rings (SSSR count). The lowest BCUT2D eigenvalue weighted by Gasteiger charge is -2.36. The quantitative estimate of drug-likeness (QED) is 0.713. The van der Waals surface area contributed by atoms with Gasteiger partial charge in [0, 0.05) is 40.3 Å². The first-order valence-electron chi connectivity index (χ1n) is 5.98. The Morgan fingerprint density at radius 1 is 1.18 bits per heavy atom. The molecule has 1 aliphatic rings. The molecule has 2 N–H and O–H groups in total. The summed E-state index contributed by atoms with van der Waals surface area (Å²) in [5.74, 6) is -0.00977. The molecule has 1 saturated heterocycles. The van der Waals surface area contributed by atoms with E-state index in [0.29, 0.717) is 32.6 Å². The maximum absolute atomic E-state index is 11.8. The monoisotopic (exact) mass is 242 g/mol. The van der Waals surface area contributed by atoms with Gasteiger partial charge in [-0.3, -0.25) is 4.79 Å². The number of urea groups is 1. The fourth-order valence-electron chi connectivity index (χ4n) is 1.81. The van der Waals surface area contributed by atoms with Crippen molar-refractivity contribution in [2.24, 2.45) is 5.73 Å². The summed E-state index contributed by atoms with van der Waals surface area (Å²) in [6.45, 7) is 4.21. The van der Waals surface area contributed by atoms with E-state index in [1.165, 1.54) is 0 Å². The van der Waals surface area contributed by atoms with E-state index in [4.69, 9.17) is 5.73 Å². The van der Waals surface area contributed by atoms with Crippen molar-refractivity contribution in [2.45, 2.75) is 19.4 Å². The average molecular weight is 242 g/mol. The zero-order valence-electron chi connectivity index (χ0n) is 10.8. The maximum Gasteiger partial charge on any atom is 0.319 e. The molecule has 0 aromatic heterocycles. The van der Waals surface area contributed by atoms with Crippen LogP contribution in [0.3, 0.4) is 0 Å². The summed E-state index contributed by atoms with van der Waals surface area (Å²) in [6, 6.07) is -0.414. The van der Waals surface area contributed by atoms with Crippen LogP contribution in [0.25, 0.3) is 0 Å². The van der Waals surface area contributed by atoms with Gasteiger partial charge >= 0.3 is 6.03 Å². The third kappa shape index (κ3) is 3.33. The lowest BCUT2D eigenvalue weighted by atomic mass is 10.2. The van der Waals surface area contributed by atoms with Gasteiger partial charge in [0.2, 0.25) is 5.91 Å². The molecule has 0 aliphatic carbocycles. The second kappa shape index (κ2) is 5.86. The largest absolute Gasteiger partial charge is 0.338 e. The normalized spacial score (nSPS) is 17.9. The van der Waals surface area contributed by atoms with E-state index in [1.807, 2.05) is 6.92 Å². The zero-order valence-corrected chi connectivity index (χ0v) is 10.8. The number of nitrogens with two attached hydrogens (primary N) is 1. The van der Waals surface area contributed by atoms with Crippen LogP contribution in [0.4, 0.5) is 4.79 Å². The number of hydrogen-bond donors (Lipinski definition) is 1. The Hall–Kier alpha value is -1.30. The smallest absolute Gasteiger partial charge is 0.319 e. The fourth-order valence-corrected chi connectivity index (χ4v) is 1.81. The first-order chi connectivity index (χ1) is 7.97. The summed E-state index contributed by atoms with van der Waals surface area (Å²) in [6.07, 6.45) is 0.648. The lowest BCUT2D eigenvalue weighted by Crippen LogP contribution is -2.55. The molecule has 1 aliphatic heterocycles. The molecule has 1 unspecified atom stereocenters. The molecule has 1 fully saturated rings. The van der Waals surface area contributed by atoms with Crippen molar-refractivity contribution in [1.29, 1.82) is 0 Å². The molecule has 0 aromatic rings. The van der Waals surface area contributed by atoms with Crippen LogP contribution in [0.2, 0.25) is 0 Å². The van der Waals surface area contributed by atoms with Gasteiger partial charge in [0.25, 0.3) is 0 Å². The minimum atomic E-state index is -0.411. The summed E-state index contributed by atoms with van der Waals surface area (Å²) < 4.78 is 0. The predicted molar refractivity (Wildman–Crippen MR) is 65.5 cm³/mol. The second-order valence-corrected chi connectivity index (χ2v) is 4.50. The number of carbonyl (C=O) groups is 2. The van der Waals surface area contributed by atoms with E-state index in [1.54, 1.807) is 28.8 Å². The van der Waals surface area contributed by atoms with Crippen molar-refractivity contribution in [1.82, 2.24) is 14.7 Å². The molecule has 0 bridgehead atoms.